The Morgan fingerprint density at radius 3 is 3.00 bits per heavy atom. The van der Waals surface area contributed by atoms with E-state index in [0.29, 0.717) is 6.04 Å². The summed E-state index contributed by atoms with van der Waals surface area (Å²) >= 11 is 0. The lowest BCUT2D eigenvalue weighted by Gasteiger charge is -2.21. The van der Waals surface area contributed by atoms with Crippen LogP contribution in [0, 0.1) is 0 Å². The van der Waals surface area contributed by atoms with Crippen LogP contribution in [0.4, 0.5) is 0 Å². The van der Waals surface area contributed by atoms with E-state index in [1.54, 1.807) is 10.9 Å². The number of hydrazine groups is 1. The number of carbonyl (C=O) groups is 1. The van der Waals surface area contributed by atoms with Crippen LogP contribution >= 0.6 is 0 Å². The van der Waals surface area contributed by atoms with Gasteiger partial charge in [-0.1, -0.05) is 5.21 Å². The predicted molar refractivity (Wildman–Crippen MR) is 52.8 cm³/mol. The molecule has 82 valence electrons. The van der Waals surface area contributed by atoms with E-state index < -0.39 is 5.91 Å². The summed E-state index contributed by atoms with van der Waals surface area (Å²) < 4.78 is 1.74. The van der Waals surface area contributed by atoms with Gasteiger partial charge in [0.2, 0.25) is 0 Å². The first-order chi connectivity index (χ1) is 7.31. The molecular formula is C8H14N6O. The third-order valence-corrected chi connectivity index (χ3v) is 2.56. The van der Waals surface area contributed by atoms with Crippen molar-refractivity contribution in [3.05, 3.63) is 11.9 Å². The van der Waals surface area contributed by atoms with Gasteiger partial charge in [0.1, 0.15) is 0 Å². The molecule has 0 spiro atoms. The van der Waals surface area contributed by atoms with Gasteiger partial charge in [0.15, 0.2) is 5.69 Å². The van der Waals surface area contributed by atoms with E-state index in [-0.39, 0.29) is 5.69 Å². The molecular weight excluding hydrogens is 196 g/mol. The zero-order valence-corrected chi connectivity index (χ0v) is 8.31. The summed E-state index contributed by atoms with van der Waals surface area (Å²) in [5.74, 6) is 4.60. The number of amides is 1. The van der Waals surface area contributed by atoms with Gasteiger partial charge in [-0.15, -0.1) is 5.10 Å². The van der Waals surface area contributed by atoms with Gasteiger partial charge in [0, 0.05) is 0 Å². The Morgan fingerprint density at radius 2 is 2.33 bits per heavy atom. The molecule has 4 N–H and O–H groups in total. The Bertz CT molecular complexity index is 343. The number of hydrogen-bond acceptors (Lipinski definition) is 5. The third kappa shape index (κ3) is 2.13. The molecule has 7 nitrogen and oxygen atoms in total. The van der Waals surface area contributed by atoms with Gasteiger partial charge in [-0.2, -0.15) is 0 Å². The first kappa shape index (κ1) is 10.1. The van der Waals surface area contributed by atoms with Crippen LogP contribution < -0.4 is 16.6 Å². The molecule has 0 saturated carbocycles. The number of nitrogen functional groups attached to an aromatic ring is 1. The molecule has 0 atom stereocenters. The zero-order chi connectivity index (χ0) is 10.7. The maximum atomic E-state index is 11.1. The molecule has 1 aliphatic rings. The second kappa shape index (κ2) is 4.37. The number of aromatic nitrogens is 3. The highest BCUT2D eigenvalue weighted by Crippen LogP contribution is 2.16. The number of nitrogens with two attached hydrogens (primary N) is 1. The molecule has 1 amide bonds. The molecule has 0 bridgehead atoms. The van der Waals surface area contributed by atoms with Gasteiger partial charge in [-0.25, -0.2) is 10.5 Å². The van der Waals surface area contributed by atoms with Crippen molar-refractivity contribution in [1.29, 1.82) is 0 Å². The van der Waals surface area contributed by atoms with Gasteiger partial charge < -0.3 is 5.32 Å². The highest BCUT2D eigenvalue weighted by atomic mass is 16.2. The third-order valence-electron chi connectivity index (χ3n) is 2.56. The number of carbonyl (C=O) groups excluding carboxylic acids is 1. The highest BCUT2D eigenvalue weighted by molar-refractivity contribution is 5.91. The SMILES string of the molecule is NNC(=O)c1cn(C2CCNCC2)nn1. The summed E-state index contributed by atoms with van der Waals surface area (Å²) in [4.78, 5) is 11.1. The van der Waals surface area contributed by atoms with Crippen molar-refractivity contribution in [3.63, 3.8) is 0 Å². The number of piperidine rings is 1. The topological polar surface area (TPSA) is 97.9 Å². The largest absolute Gasteiger partial charge is 0.317 e. The van der Waals surface area contributed by atoms with Crippen LogP contribution in [0.15, 0.2) is 6.20 Å². The van der Waals surface area contributed by atoms with Crippen LogP contribution in [0.2, 0.25) is 0 Å². The minimum absolute atomic E-state index is 0.260. The summed E-state index contributed by atoms with van der Waals surface area (Å²) in [6.07, 6.45) is 3.65. The van der Waals surface area contributed by atoms with Crippen molar-refractivity contribution in [2.45, 2.75) is 18.9 Å². The minimum Gasteiger partial charge on any atom is -0.317 e. The summed E-state index contributed by atoms with van der Waals surface area (Å²) in [5.41, 5.74) is 2.29. The van der Waals surface area contributed by atoms with Crippen LogP contribution in [0.3, 0.4) is 0 Å². The lowest BCUT2D eigenvalue weighted by Crippen LogP contribution is -2.30. The fourth-order valence-electron chi connectivity index (χ4n) is 1.70. The van der Waals surface area contributed by atoms with Gasteiger partial charge in [0.05, 0.1) is 12.2 Å². The smallest absolute Gasteiger partial charge is 0.287 e. The van der Waals surface area contributed by atoms with Crippen molar-refractivity contribution in [2.75, 3.05) is 13.1 Å². The Hall–Kier alpha value is -1.47. The average Bonchev–Trinajstić information content (AvgIpc) is 2.78. The zero-order valence-electron chi connectivity index (χ0n) is 8.31. The summed E-state index contributed by atoms with van der Waals surface area (Å²) in [6.45, 7) is 1.95. The van der Waals surface area contributed by atoms with E-state index in [1.165, 1.54) is 0 Å². The molecule has 0 unspecified atom stereocenters. The van der Waals surface area contributed by atoms with Gasteiger partial charge in [-0.3, -0.25) is 10.2 Å². The molecule has 2 rings (SSSR count). The predicted octanol–water partition coefficient (Wildman–Crippen LogP) is -1.19. The quantitative estimate of drug-likeness (QED) is 0.324. The van der Waals surface area contributed by atoms with Gasteiger partial charge in [0.25, 0.3) is 5.91 Å². The van der Waals surface area contributed by atoms with Crippen LogP contribution in [-0.4, -0.2) is 34.0 Å². The van der Waals surface area contributed by atoms with E-state index in [1.807, 2.05) is 5.43 Å². The van der Waals surface area contributed by atoms with Crippen LogP contribution in [0.5, 0.6) is 0 Å². The minimum atomic E-state index is -0.407. The van der Waals surface area contributed by atoms with E-state index in [0.717, 1.165) is 25.9 Å². The first-order valence-corrected chi connectivity index (χ1v) is 4.95. The number of nitrogens with zero attached hydrogens (tertiary/aromatic N) is 3. The molecule has 1 saturated heterocycles. The molecule has 1 aliphatic heterocycles. The normalized spacial score (nSPS) is 17.7. The summed E-state index contributed by atoms with van der Waals surface area (Å²) in [7, 11) is 0. The Labute approximate surface area is 87.0 Å². The lowest BCUT2D eigenvalue weighted by molar-refractivity contribution is 0.0948. The number of hydrogen-bond donors (Lipinski definition) is 3. The summed E-state index contributed by atoms with van der Waals surface area (Å²) in [6, 6.07) is 0.332. The van der Waals surface area contributed by atoms with E-state index >= 15 is 0 Å². The van der Waals surface area contributed by atoms with Crippen LogP contribution in [0.25, 0.3) is 0 Å². The van der Waals surface area contributed by atoms with Crippen LogP contribution in [-0.2, 0) is 0 Å². The number of rotatable bonds is 2. The molecule has 0 aliphatic carbocycles. The van der Waals surface area contributed by atoms with Crippen LogP contribution in [0.1, 0.15) is 29.4 Å². The van der Waals surface area contributed by atoms with E-state index in [2.05, 4.69) is 15.6 Å². The maximum absolute atomic E-state index is 11.1. The standard InChI is InChI=1S/C8H14N6O/c9-11-8(15)7-5-14(13-12-7)6-1-3-10-4-2-6/h5-6,10H,1-4,9H2,(H,11,15). The highest BCUT2D eigenvalue weighted by Gasteiger charge is 2.18. The Morgan fingerprint density at radius 1 is 1.60 bits per heavy atom. The van der Waals surface area contributed by atoms with Crippen molar-refractivity contribution >= 4 is 5.91 Å². The first-order valence-electron chi connectivity index (χ1n) is 4.95. The molecule has 15 heavy (non-hydrogen) atoms. The van der Waals surface area contributed by atoms with E-state index in [4.69, 9.17) is 5.84 Å². The maximum Gasteiger partial charge on any atom is 0.287 e. The fraction of sp³-hybridized carbons (Fsp3) is 0.625. The van der Waals surface area contributed by atoms with Crippen molar-refractivity contribution < 1.29 is 4.79 Å². The van der Waals surface area contributed by atoms with Gasteiger partial charge in [-0.05, 0) is 25.9 Å². The molecule has 7 heteroatoms. The van der Waals surface area contributed by atoms with E-state index in [9.17, 15) is 4.79 Å². The molecule has 1 fully saturated rings. The number of nitrogens with one attached hydrogen (secondary N) is 2. The van der Waals surface area contributed by atoms with Crippen molar-refractivity contribution in [1.82, 2.24) is 25.7 Å². The molecule has 1 aromatic rings. The fourth-order valence-corrected chi connectivity index (χ4v) is 1.70. The average molecular weight is 210 g/mol. The van der Waals surface area contributed by atoms with Crippen molar-refractivity contribution in [3.8, 4) is 0 Å². The Kier molecular flexibility index (Phi) is 2.93. The van der Waals surface area contributed by atoms with Crippen molar-refractivity contribution in [2.24, 2.45) is 5.84 Å². The molecule has 0 aromatic carbocycles. The second-order valence-corrected chi connectivity index (χ2v) is 3.54. The second-order valence-electron chi connectivity index (χ2n) is 3.54. The molecule has 0 radical (unpaired) electrons. The monoisotopic (exact) mass is 210 g/mol. The molecule has 2 heterocycles. The molecule has 1 aromatic heterocycles. The Balaban J connectivity index is 2.08. The summed E-state index contributed by atoms with van der Waals surface area (Å²) in [5, 5.41) is 11.0. The van der Waals surface area contributed by atoms with Gasteiger partial charge >= 0.3 is 0 Å². The lowest BCUT2D eigenvalue weighted by atomic mass is 10.1.